The van der Waals surface area contributed by atoms with Gasteiger partial charge in [-0.1, -0.05) is 13.3 Å². The first-order valence-electron chi connectivity index (χ1n) is 15.9. The van der Waals surface area contributed by atoms with E-state index in [1.54, 1.807) is 29.8 Å². The normalized spacial score (nSPS) is 14.3. The van der Waals surface area contributed by atoms with E-state index in [-0.39, 0.29) is 24.1 Å². The van der Waals surface area contributed by atoms with Crippen LogP contribution >= 0.6 is 0 Å². The lowest BCUT2D eigenvalue weighted by molar-refractivity contribution is 0.0786. The number of hydrogen-bond donors (Lipinski definition) is 0. The first-order chi connectivity index (χ1) is 21.0. The summed E-state index contributed by atoms with van der Waals surface area (Å²) in [5.74, 6) is 0.835. The van der Waals surface area contributed by atoms with Crippen molar-refractivity contribution in [3.63, 3.8) is 0 Å². The summed E-state index contributed by atoms with van der Waals surface area (Å²) in [6, 6.07) is 11.0. The molecule has 1 aromatic carbocycles. The van der Waals surface area contributed by atoms with Crippen LogP contribution in [-0.2, 0) is 20.0 Å². The van der Waals surface area contributed by atoms with Gasteiger partial charge in [0.05, 0.1) is 23.8 Å². The summed E-state index contributed by atoms with van der Waals surface area (Å²) < 4.78 is 3.62. The van der Waals surface area contributed by atoms with Crippen LogP contribution in [0.2, 0.25) is 0 Å². The van der Waals surface area contributed by atoms with Gasteiger partial charge in [0, 0.05) is 80.8 Å². The van der Waals surface area contributed by atoms with Crippen molar-refractivity contribution in [2.24, 2.45) is 7.05 Å². The molecule has 0 radical (unpaired) electrons. The number of carbonyl (C=O) groups excluding carboxylic acids is 1. The highest BCUT2D eigenvalue weighted by Crippen LogP contribution is 2.31. The molecule has 0 bridgehead atoms. The van der Waals surface area contributed by atoms with E-state index in [1.165, 1.54) is 0 Å². The minimum Gasteiger partial charge on any atom is -0.354 e. The number of piperazine rings is 1. The molecule has 4 heterocycles. The molecule has 1 aliphatic heterocycles. The minimum atomic E-state index is -0.141. The Bertz CT molecular complexity index is 1690. The zero-order valence-corrected chi connectivity index (χ0v) is 27.6. The smallest absolute Gasteiger partial charge is 0.255 e. The lowest BCUT2D eigenvalue weighted by Crippen LogP contribution is -2.49. The Hall–Kier alpha value is -3.98. The monoisotopic (exact) mass is 597 g/mol. The summed E-state index contributed by atoms with van der Waals surface area (Å²) in [6.07, 6.45) is 5.42. The molecule has 0 saturated carbocycles. The van der Waals surface area contributed by atoms with Crippen LogP contribution < -0.4 is 10.5 Å². The van der Waals surface area contributed by atoms with Gasteiger partial charge < -0.3 is 14.4 Å². The Morgan fingerprint density at radius 2 is 1.70 bits per heavy atom. The highest BCUT2D eigenvalue weighted by atomic mass is 16.2. The van der Waals surface area contributed by atoms with Crippen LogP contribution in [0.4, 0.5) is 5.82 Å². The molecule has 234 valence electrons. The maximum Gasteiger partial charge on any atom is 0.255 e. The second kappa shape index (κ2) is 12.9. The van der Waals surface area contributed by atoms with Crippen molar-refractivity contribution < 1.29 is 4.79 Å². The van der Waals surface area contributed by atoms with E-state index in [2.05, 4.69) is 73.8 Å². The summed E-state index contributed by atoms with van der Waals surface area (Å²) in [7, 11) is 3.56. The molecular weight excluding hydrogens is 550 g/mol. The number of anilines is 1. The number of rotatable bonds is 9. The second-order valence-corrected chi connectivity index (χ2v) is 12.7. The van der Waals surface area contributed by atoms with Crippen LogP contribution in [0.3, 0.4) is 0 Å². The van der Waals surface area contributed by atoms with Crippen molar-refractivity contribution in [3.8, 4) is 11.1 Å². The molecule has 0 N–H and O–H groups in total. The van der Waals surface area contributed by atoms with E-state index in [9.17, 15) is 9.59 Å². The van der Waals surface area contributed by atoms with Gasteiger partial charge in [-0.25, -0.2) is 4.98 Å². The van der Waals surface area contributed by atoms with Gasteiger partial charge in [0.15, 0.2) is 0 Å². The molecule has 3 aromatic heterocycles. The van der Waals surface area contributed by atoms with Gasteiger partial charge >= 0.3 is 0 Å². The first-order valence-corrected chi connectivity index (χ1v) is 15.9. The molecule has 44 heavy (non-hydrogen) atoms. The van der Waals surface area contributed by atoms with E-state index >= 15 is 0 Å². The summed E-state index contributed by atoms with van der Waals surface area (Å²) in [4.78, 5) is 38.8. The van der Waals surface area contributed by atoms with E-state index in [1.807, 2.05) is 23.9 Å². The number of aryl methyl sites for hydroxylation is 2. The van der Waals surface area contributed by atoms with Crippen LogP contribution in [0.15, 0.2) is 47.5 Å². The predicted molar refractivity (Wildman–Crippen MR) is 178 cm³/mol. The fraction of sp³-hybridized carbons (Fsp3) is 0.486. The quantitative estimate of drug-likeness (QED) is 0.256. The standard InChI is InChI=1S/C35H47N7O2/c1-9-10-26-17-25(6)39(8)35(44)31(26)22-38(7)34(43)29-18-28(19-32-30(29)21-37-42(32)24(4)5)27-11-12-33(36-20-27)41-15-13-40(14-16-41)23(2)3/h11-12,17-21,23-24H,9-10,13-16,22H2,1-8H3. The summed E-state index contributed by atoms with van der Waals surface area (Å²) >= 11 is 0. The lowest BCUT2D eigenvalue weighted by Gasteiger charge is -2.37. The predicted octanol–water partition coefficient (Wildman–Crippen LogP) is 5.44. The number of pyridine rings is 2. The molecule has 9 nitrogen and oxygen atoms in total. The molecular formula is C35H47N7O2. The maximum atomic E-state index is 14.1. The summed E-state index contributed by atoms with van der Waals surface area (Å²) in [6.45, 7) is 16.9. The van der Waals surface area contributed by atoms with E-state index in [0.717, 1.165) is 78.1 Å². The zero-order valence-electron chi connectivity index (χ0n) is 27.6. The van der Waals surface area contributed by atoms with Crippen LogP contribution in [0, 0.1) is 6.92 Å². The van der Waals surface area contributed by atoms with E-state index in [0.29, 0.717) is 17.2 Å². The molecule has 0 spiro atoms. The van der Waals surface area contributed by atoms with Crippen molar-refractivity contribution in [1.82, 2.24) is 29.1 Å². The number of carbonyl (C=O) groups is 1. The Morgan fingerprint density at radius 3 is 2.32 bits per heavy atom. The molecule has 1 fully saturated rings. The van der Waals surface area contributed by atoms with Gasteiger partial charge in [-0.2, -0.15) is 5.10 Å². The highest BCUT2D eigenvalue weighted by Gasteiger charge is 2.23. The molecule has 0 unspecified atom stereocenters. The largest absolute Gasteiger partial charge is 0.354 e. The van der Waals surface area contributed by atoms with E-state index in [4.69, 9.17) is 4.98 Å². The Balaban J connectivity index is 1.48. The van der Waals surface area contributed by atoms with Crippen molar-refractivity contribution >= 4 is 22.6 Å². The highest BCUT2D eigenvalue weighted by molar-refractivity contribution is 6.08. The fourth-order valence-corrected chi connectivity index (χ4v) is 6.22. The van der Waals surface area contributed by atoms with Crippen molar-refractivity contribution in [3.05, 3.63) is 75.5 Å². The van der Waals surface area contributed by atoms with Crippen LogP contribution in [0.25, 0.3) is 22.0 Å². The number of amides is 1. The molecule has 4 aromatic rings. The Labute approximate surface area is 261 Å². The molecule has 1 amide bonds. The molecule has 9 heteroatoms. The average molecular weight is 598 g/mol. The van der Waals surface area contributed by atoms with Gasteiger partial charge in [0.2, 0.25) is 0 Å². The molecule has 0 aliphatic carbocycles. The van der Waals surface area contributed by atoms with Crippen molar-refractivity contribution in [1.29, 1.82) is 0 Å². The molecule has 1 aliphatic rings. The van der Waals surface area contributed by atoms with Crippen molar-refractivity contribution in [2.45, 2.75) is 73.0 Å². The zero-order chi connectivity index (χ0) is 31.7. The SMILES string of the molecule is CCCc1cc(C)n(C)c(=O)c1CN(C)C(=O)c1cc(-c2ccc(N3CCN(C(C)C)CC3)nc2)cc2c1cnn2C(C)C. The second-order valence-electron chi connectivity index (χ2n) is 12.7. The number of nitrogens with zero attached hydrogens (tertiary/aromatic N) is 7. The van der Waals surface area contributed by atoms with E-state index < -0.39 is 0 Å². The minimum absolute atomic E-state index is 0.0450. The van der Waals surface area contributed by atoms with Crippen LogP contribution in [-0.4, -0.2) is 74.3 Å². The number of benzene rings is 1. The van der Waals surface area contributed by atoms with Crippen LogP contribution in [0.5, 0.6) is 0 Å². The van der Waals surface area contributed by atoms with Gasteiger partial charge in [-0.3, -0.25) is 19.2 Å². The van der Waals surface area contributed by atoms with Gasteiger partial charge in [0.1, 0.15) is 5.82 Å². The Kier molecular flexibility index (Phi) is 9.25. The lowest BCUT2D eigenvalue weighted by atomic mass is 9.99. The third kappa shape index (κ3) is 6.15. The van der Waals surface area contributed by atoms with Crippen LogP contribution in [0.1, 0.15) is 74.3 Å². The summed E-state index contributed by atoms with van der Waals surface area (Å²) in [5, 5.41) is 5.45. The van der Waals surface area contributed by atoms with Gasteiger partial charge in [-0.05, 0) is 82.5 Å². The topological polar surface area (TPSA) is 79.5 Å². The maximum absolute atomic E-state index is 14.1. The summed E-state index contributed by atoms with van der Waals surface area (Å²) in [5.41, 5.74) is 5.90. The molecule has 5 rings (SSSR count). The van der Waals surface area contributed by atoms with Crippen molar-refractivity contribution in [2.75, 3.05) is 38.1 Å². The Morgan fingerprint density at radius 1 is 0.977 bits per heavy atom. The number of aromatic nitrogens is 4. The van der Waals surface area contributed by atoms with Gasteiger partial charge in [0.25, 0.3) is 11.5 Å². The first kappa shape index (κ1) is 31.4. The third-order valence-corrected chi connectivity index (χ3v) is 9.01. The molecule has 0 atom stereocenters. The average Bonchev–Trinajstić information content (AvgIpc) is 3.46. The van der Waals surface area contributed by atoms with Gasteiger partial charge in [-0.15, -0.1) is 0 Å². The molecule has 1 saturated heterocycles. The number of hydrogen-bond acceptors (Lipinski definition) is 6. The third-order valence-electron chi connectivity index (χ3n) is 9.01. The number of fused-ring (bicyclic) bond motifs is 1. The fourth-order valence-electron chi connectivity index (χ4n) is 6.22.